The molecule has 0 saturated carbocycles. The quantitative estimate of drug-likeness (QED) is 0.237. The summed E-state index contributed by atoms with van der Waals surface area (Å²) < 4.78 is 128. The molecule has 0 amide bonds. The first-order valence-electron chi connectivity index (χ1n) is 11.2. The minimum absolute atomic E-state index is 0.124. The minimum atomic E-state index is -4.61. The van der Waals surface area contributed by atoms with Crippen LogP contribution >= 0.6 is 0 Å². The van der Waals surface area contributed by atoms with Crippen LogP contribution in [0.15, 0.2) is 42.5 Å². The number of halogens is 8. The Morgan fingerprint density at radius 2 is 1.41 bits per heavy atom. The SMILES string of the molecule is CC1COC(CCc2ccc(-c3ccc(C(F)(F)Oc4cc(F)c(F)c(F)c4)c(F)c3F)c(F)c2)OC1. The third kappa shape index (κ3) is 5.88. The van der Waals surface area contributed by atoms with Gasteiger partial charge in [-0.2, -0.15) is 8.78 Å². The second-order valence-electron chi connectivity index (χ2n) is 8.66. The summed E-state index contributed by atoms with van der Waals surface area (Å²) in [4.78, 5) is 0. The Bertz CT molecular complexity index is 1270. The molecule has 0 N–H and O–H groups in total. The predicted molar refractivity (Wildman–Crippen MR) is 116 cm³/mol. The van der Waals surface area contributed by atoms with E-state index in [2.05, 4.69) is 4.74 Å². The Labute approximate surface area is 206 Å². The van der Waals surface area contributed by atoms with Crippen molar-refractivity contribution in [3.8, 4) is 16.9 Å². The van der Waals surface area contributed by atoms with E-state index in [1.54, 1.807) is 0 Å². The number of ether oxygens (including phenoxy) is 3. The Balaban J connectivity index is 1.53. The fraction of sp³-hybridized carbons (Fsp3) is 0.308. The molecule has 1 aliphatic rings. The van der Waals surface area contributed by atoms with Crippen molar-refractivity contribution in [1.82, 2.24) is 0 Å². The van der Waals surface area contributed by atoms with Crippen LogP contribution in [0.2, 0.25) is 0 Å². The first-order valence-corrected chi connectivity index (χ1v) is 11.2. The van der Waals surface area contributed by atoms with Gasteiger partial charge in [0, 0.05) is 35.6 Å². The molecule has 3 aromatic carbocycles. The van der Waals surface area contributed by atoms with Gasteiger partial charge in [0.15, 0.2) is 35.4 Å². The molecule has 0 atom stereocenters. The van der Waals surface area contributed by atoms with E-state index in [4.69, 9.17) is 9.47 Å². The lowest BCUT2D eigenvalue weighted by Crippen LogP contribution is -2.30. The summed E-state index contributed by atoms with van der Waals surface area (Å²) in [6, 6.07) is 5.20. The first kappa shape index (κ1) is 26.9. The lowest BCUT2D eigenvalue weighted by molar-refractivity contribution is -0.199. The van der Waals surface area contributed by atoms with Gasteiger partial charge in [0.25, 0.3) is 0 Å². The van der Waals surface area contributed by atoms with Crippen LogP contribution in [0, 0.1) is 40.8 Å². The highest BCUT2D eigenvalue weighted by atomic mass is 19.3. The van der Waals surface area contributed by atoms with E-state index < -0.39 is 64.2 Å². The number of alkyl halides is 2. The number of hydrogen-bond donors (Lipinski definition) is 0. The molecule has 1 aliphatic heterocycles. The molecule has 3 aromatic rings. The van der Waals surface area contributed by atoms with Crippen LogP contribution in [0.4, 0.5) is 35.1 Å². The number of rotatable bonds is 7. The van der Waals surface area contributed by atoms with Gasteiger partial charge in [-0.15, -0.1) is 0 Å². The average Bonchev–Trinajstić information content (AvgIpc) is 2.84. The molecular formula is C26H20F8O3. The van der Waals surface area contributed by atoms with Gasteiger partial charge >= 0.3 is 6.11 Å². The maximum Gasteiger partial charge on any atom is 0.429 e. The topological polar surface area (TPSA) is 27.7 Å². The highest BCUT2D eigenvalue weighted by Crippen LogP contribution is 2.38. The molecule has 37 heavy (non-hydrogen) atoms. The largest absolute Gasteiger partial charge is 0.429 e. The van der Waals surface area contributed by atoms with Crippen LogP contribution in [0.5, 0.6) is 5.75 Å². The molecule has 0 spiro atoms. The molecule has 11 heteroatoms. The summed E-state index contributed by atoms with van der Waals surface area (Å²) in [7, 11) is 0. The van der Waals surface area contributed by atoms with Crippen LogP contribution < -0.4 is 4.74 Å². The van der Waals surface area contributed by atoms with E-state index in [1.165, 1.54) is 12.1 Å². The van der Waals surface area contributed by atoms with Crippen molar-refractivity contribution in [3.63, 3.8) is 0 Å². The van der Waals surface area contributed by atoms with Gasteiger partial charge < -0.3 is 14.2 Å². The number of benzene rings is 3. The lowest BCUT2D eigenvalue weighted by Gasteiger charge is -2.27. The number of aryl methyl sites for hydroxylation is 1. The van der Waals surface area contributed by atoms with Crippen molar-refractivity contribution in [3.05, 3.63) is 88.5 Å². The molecular weight excluding hydrogens is 512 g/mol. The van der Waals surface area contributed by atoms with Crippen LogP contribution in [0.25, 0.3) is 11.1 Å². The van der Waals surface area contributed by atoms with Crippen molar-refractivity contribution >= 4 is 0 Å². The molecule has 0 aromatic heterocycles. The zero-order chi connectivity index (χ0) is 26.9. The Kier molecular flexibility index (Phi) is 7.75. The summed E-state index contributed by atoms with van der Waals surface area (Å²) >= 11 is 0. The minimum Gasteiger partial charge on any atom is -0.429 e. The van der Waals surface area contributed by atoms with E-state index in [0.29, 0.717) is 37.7 Å². The maximum atomic E-state index is 14.8. The molecule has 198 valence electrons. The van der Waals surface area contributed by atoms with Crippen LogP contribution in [-0.2, 0) is 22.0 Å². The average molecular weight is 532 g/mol. The van der Waals surface area contributed by atoms with Gasteiger partial charge in [0.05, 0.1) is 13.2 Å². The molecule has 1 fully saturated rings. The highest BCUT2D eigenvalue weighted by Gasteiger charge is 2.40. The molecule has 3 nitrogen and oxygen atoms in total. The van der Waals surface area contributed by atoms with Gasteiger partial charge in [-0.1, -0.05) is 25.1 Å². The lowest BCUT2D eigenvalue weighted by atomic mass is 9.99. The fourth-order valence-corrected chi connectivity index (χ4v) is 3.80. The van der Waals surface area contributed by atoms with E-state index >= 15 is 0 Å². The summed E-state index contributed by atoms with van der Waals surface area (Å²) in [6.45, 7) is 3.06. The molecule has 4 rings (SSSR count). The smallest absolute Gasteiger partial charge is 0.429 e. The molecule has 1 saturated heterocycles. The molecule has 0 unspecified atom stereocenters. The third-order valence-corrected chi connectivity index (χ3v) is 5.72. The Morgan fingerprint density at radius 1 is 0.784 bits per heavy atom. The summed E-state index contributed by atoms with van der Waals surface area (Å²) in [6.07, 6.45) is -4.23. The van der Waals surface area contributed by atoms with Crippen molar-refractivity contribution in [2.45, 2.75) is 32.2 Å². The van der Waals surface area contributed by atoms with Crippen molar-refractivity contribution in [2.75, 3.05) is 13.2 Å². The second-order valence-corrected chi connectivity index (χ2v) is 8.66. The van der Waals surface area contributed by atoms with E-state index in [9.17, 15) is 35.1 Å². The van der Waals surface area contributed by atoms with Gasteiger partial charge in [-0.3, -0.25) is 0 Å². The van der Waals surface area contributed by atoms with E-state index in [-0.39, 0.29) is 23.6 Å². The van der Waals surface area contributed by atoms with Gasteiger partial charge in [-0.05, 0) is 24.1 Å². The van der Waals surface area contributed by atoms with Gasteiger partial charge in [0.2, 0.25) is 0 Å². The summed E-state index contributed by atoms with van der Waals surface area (Å²) in [5.74, 6) is -11.2. The molecule has 1 heterocycles. The molecule has 0 radical (unpaired) electrons. The fourth-order valence-electron chi connectivity index (χ4n) is 3.80. The van der Waals surface area contributed by atoms with Crippen LogP contribution in [-0.4, -0.2) is 19.5 Å². The van der Waals surface area contributed by atoms with E-state index in [1.807, 2.05) is 6.92 Å². The zero-order valence-corrected chi connectivity index (χ0v) is 19.3. The predicted octanol–water partition coefficient (Wildman–Crippen LogP) is 7.26. The monoisotopic (exact) mass is 532 g/mol. The molecule has 0 aliphatic carbocycles. The summed E-state index contributed by atoms with van der Waals surface area (Å²) in [5, 5.41) is 0. The van der Waals surface area contributed by atoms with Crippen molar-refractivity contribution in [1.29, 1.82) is 0 Å². The van der Waals surface area contributed by atoms with E-state index in [0.717, 1.165) is 12.1 Å². The molecule has 0 bridgehead atoms. The summed E-state index contributed by atoms with van der Waals surface area (Å²) in [5.41, 5.74) is -2.09. The zero-order valence-electron chi connectivity index (χ0n) is 19.3. The van der Waals surface area contributed by atoms with Gasteiger partial charge in [-0.25, -0.2) is 26.3 Å². The van der Waals surface area contributed by atoms with Crippen molar-refractivity contribution in [2.24, 2.45) is 5.92 Å². The normalized spacial score (nSPS) is 18.2. The van der Waals surface area contributed by atoms with Gasteiger partial charge in [0.1, 0.15) is 17.1 Å². The Morgan fingerprint density at radius 3 is 2.03 bits per heavy atom. The second kappa shape index (κ2) is 10.7. The van der Waals surface area contributed by atoms with Crippen LogP contribution in [0.3, 0.4) is 0 Å². The first-order chi connectivity index (χ1) is 17.5. The standard InChI is InChI=1S/C26H20F8O3/c1-13-11-35-22(36-12-13)7-3-14-2-4-16(19(27)8-14)17-5-6-18(24(31)23(17)30)26(33,34)37-15-9-20(28)25(32)21(29)10-15/h2,4-6,8-10,13,22H,3,7,11-12H2,1H3. The highest BCUT2D eigenvalue weighted by molar-refractivity contribution is 5.66. The third-order valence-electron chi connectivity index (χ3n) is 5.72. The maximum absolute atomic E-state index is 14.8. The van der Waals surface area contributed by atoms with Crippen LogP contribution in [0.1, 0.15) is 24.5 Å². The Hall–Kier alpha value is -3.18. The van der Waals surface area contributed by atoms with Crippen molar-refractivity contribution < 1.29 is 49.3 Å². The number of hydrogen-bond acceptors (Lipinski definition) is 3.